The van der Waals surface area contributed by atoms with Crippen molar-refractivity contribution in [2.45, 2.75) is 155 Å². The Balaban J connectivity index is 6.03. The highest BCUT2D eigenvalue weighted by molar-refractivity contribution is 6.00. The summed E-state index contributed by atoms with van der Waals surface area (Å²) in [5.41, 5.74) is -7.84. The summed E-state index contributed by atoms with van der Waals surface area (Å²) in [6, 6.07) is 0. The highest BCUT2D eigenvalue weighted by Gasteiger charge is 2.47. The van der Waals surface area contributed by atoms with Crippen LogP contribution in [0.25, 0.3) is 0 Å². The maximum absolute atomic E-state index is 13.7. The van der Waals surface area contributed by atoms with E-state index >= 15 is 0 Å². The normalized spacial score (nSPS) is 18.3. The minimum Gasteiger partial charge on any atom is -0.467 e. The number of hydrogen-bond acceptors (Lipinski definition) is 8. The van der Waals surface area contributed by atoms with Gasteiger partial charge in [-0.3, -0.25) is 19.2 Å². The molecule has 0 rings (SSSR count). The zero-order chi connectivity index (χ0) is 34.9. The van der Waals surface area contributed by atoms with Crippen molar-refractivity contribution in [2.75, 3.05) is 7.11 Å². The van der Waals surface area contributed by atoms with Gasteiger partial charge in [0.1, 0.15) is 33.3 Å². The Morgan fingerprint density at radius 2 is 0.705 bits per heavy atom. The van der Waals surface area contributed by atoms with Crippen LogP contribution >= 0.6 is 0 Å². The van der Waals surface area contributed by atoms with Crippen LogP contribution in [-0.4, -0.2) is 76.1 Å². The molecular weight excluding hydrogens is 570 g/mol. The van der Waals surface area contributed by atoms with Crippen LogP contribution in [0.2, 0.25) is 0 Å². The van der Waals surface area contributed by atoms with Gasteiger partial charge in [0.2, 0.25) is 23.6 Å². The first-order valence-electron chi connectivity index (χ1n) is 15.3. The smallest absolute Gasteiger partial charge is 0.408 e. The summed E-state index contributed by atoms with van der Waals surface area (Å²) < 4.78 is 10.1. The molecule has 0 bridgehead atoms. The second-order valence-electron chi connectivity index (χ2n) is 13.4. The van der Waals surface area contributed by atoms with E-state index in [4.69, 9.17) is 9.47 Å². The first kappa shape index (κ1) is 40.6. The monoisotopic (exact) mass is 627 g/mol. The van der Waals surface area contributed by atoms with Crippen molar-refractivity contribution in [3.63, 3.8) is 0 Å². The summed E-state index contributed by atoms with van der Waals surface area (Å²) in [6.45, 7) is 21.3. The van der Waals surface area contributed by atoms with Crippen LogP contribution in [-0.2, 0) is 33.4 Å². The molecule has 0 aliphatic carbocycles. The van der Waals surface area contributed by atoms with E-state index in [-0.39, 0.29) is 32.1 Å². The molecule has 0 aromatic rings. The summed E-state index contributed by atoms with van der Waals surface area (Å²) in [5, 5.41) is 13.6. The third kappa shape index (κ3) is 10.1. The molecule has 13 nitrogen and oxygen atoms in total. The molecule has 0 spiro atoms. The topological polar surface area (TPSA) is 181 Å². The first-order chi connectivity index (χ1) is 19.9. The van der Waals surface area contributed by atoms with Gasteiger partial charge in [-0.05, 0) is 87.5 Å². The Morgan fingerprint density at radius 3 is 0.932 bits per heavy atom. The van der Waals surface area contributed by atoms with Gasteiger partial charge < -0.3 is 36.1 Å². The molecule has 44 heavy (non-hydrogen) atoms. The molecule has 0 aromatic heterocycles. The third-order valence-corrected chi connectivity index (χ3v) is 8.51. The number of carbonyl (C=O) groups is 6. The minimum absolute atomic E-state index is 0.154. The summed E-state index contributed by atoms with van der Waals surface area (Å²) in [7, 11) is 1.23. The molecule has 0 saturated heterocycles. The SMILES string of the molecule is CC[C@](C)(NC(=O)OC(C)(C)C)C(=O)N[C@@](C)(CC)C(=O)N[C@@](C)(CC)C(=O)N[C@@](C)(CC)C(=O)N[C@@](C)(CC)C(=O)OC. The van der Waals surface area contributed by atoms with Crippen molar-refractivity contribution < 1.29 is 38.2 Å². The maximum Gasteiger partial charge on any atom is 0.408 e. The zero-order valence-electron chi connectivity index (χ0n) is 29.3. The van der Waals surface area contributed by atoms with Crippen LogP contribution < -0.4 is 26.6 Å². The standard InChI is InChI=1S/C31H57N5O8/c1-15-27(9,20(37)33-29(11,17-3)22(39)35-31(13,19-5)24(41)43-14)32-21(38)28(10,16-2)34-23(40)30(12,18-4)36-25(42)44-26(6,7)8/h15-19H2,1-14H3,(H,32,38)(H,33,37)(H,34,40)(H,35,39)(H,36,42)/t27-,28-,29-,30-,31-/m0/s1. The Labute approximate surface area is 263 Å². The molecule has 0 aromatic carbocycles. The van der Waals surface area contributed by atoms with Crippen molar-refractivity contribution in [1.29, 1.82) is 0 Å². The summed E-state index contributed by atoms with van der Waals surface area (Å²) >= 11 is 0. The quantitative estimate of drug-likeness (QED) is 0.172. The molecule has 0 fully saturated rings. The average molecular weight is 628 g/mol. The fraction of sp³-hybridized carbons (Fsp3) is 0.806. The lowest BCUT2D eigenvalue weighted by molar-refractivity contribution is -0.151. The third-order valence-electron chi connectivity index (χ3n) is 8.51. The Hall–Kier alpha value is -3.38. The molecule has 13 heteroatoms. The minimum atomic E-state index is -1.48. The van der Waals surface area contributed by atoms with Gasteiger partial charge in [0, 0.05) is 0 Å². The predicted octanol–water partition coefficient (Wildman–Crippen LogP) is 2.99. The highest BCUT2D eigenvalue weighted by Crippen LogP contribution is 2.22. The zero-order valence-corrected chi connectivity index (χ0v) is 29.3. The molecule has 5 atom stereocenters. The molecule has 0 saturated carbocycles. The van der Waals surface area contributed by atoms with Gasteiger partial charge >= 0.3 is 12.1 Å². The van der Waals surface area contributed by atoms with Crippen molar-refractivity contribution in [2.24, 2.45) is 0 Å². The largest absolute Gasteiger partial charge is 0.467 e. The Kier molecular flexibility index (Phi) is 13.9. The molecule has 254 valence electrons. The van der Waals surface area contributed by atoms with E-state index in [1.807, 2.05) is 0 Å². The van der Waals surface area contributed by atoms with Gasteiger partial charge in [-0.25, -0.2) is 9.59 Å². The number of methoxy groups -OCH3 is 1. The number of esters is 1. The lowest BCUT2D eigenvalue weighted by Gasteiger charge is -2.39. The number of rotatable bonds is 15. The molecule has 0 aliphatic heterocycles. The van der Waals surface area contributed by atoms with Gasteiger partial charge in [-0.1, -0.05) is 34.6 Å². The molecule has 0 aliphatic rings. The summed E-state index contributed by atoms with van der Waals surface area (Å²) in [5.74, 6) is -3.07. The van der Waals surface area contributed by atoms with Crippen LogP contribution in [0.15, 0.2) is 0 Å². The van der Waals surface area contributed by atoms with Crippen LogP contribution in [0.3, 0.4) is 0 Å². The molecule has 0 radical (unpaired) electrons. The van der Waals surface area contributed by atoms with E-state index < -0.39 is 69.0 Å². The second kappa shape index (κ2) is 15.1. The van der Waals surface area contributed by atoms with Gasteiger partial charge in [-0.2, -0.15) is 0 Å². The predicted molar refractivity (Wildman–Crippen MR) is 167 cm³/mol. The summed E-state index contributed by atoms with van der Waals surface area (Å²) in [6.07, 6.45) is 0.191. The van der Waals surface area contributed by atoms with E-state index in [1.54, 1.807) is 55.4 Å². The molecule has 5 N–H and O–H groups in total. The molecule has 0 heterocycles. The highest BCUT2D eigenvalue weighted by atomic mass is 16.6. The van der Waals surface area contributed by atoms with Gasteiger partial charge in [0.15, 0.2) is 0 Å². The molecule has 5 amide bonds. The second-order valence-corrected chi connectivity index (χ2v) is 13.4. The first-order valence-corrected chi connectivity index (χ1v) is 15.3. The van der Waals surface area contributed by atoms with E-state index in [0.717, 1.165) is 0 Å². The number of carbonyl (C=O) groups excluding carboxylic acids is 6. The van der Waals surface area contributed by atoms with Crippen LogP contribution in [0, 0.1) is 0 Å². The van der Waals surface area contributed by atoms with E-state index in [9.17, 15) is 28.8 Å². The number of alkyl carbamates (subject to hydrolysis) is 1. The van der Waals surface area contributed by atoms with Crippen molar-refractivity contribution >= 4 is 35.7 Å². The fourth-order valence-electron chi connectivity index (χ4n) is 3.81. The Bertz CT molecular complexity index is 1090. The van der Waals surface area contributed by atoms with Gasteiger partial charge in [0.25, 0.3) is 0 Å². The maximum atomic E-state index is 13.7. The van der Waals surface area contributed by atoms with E-state index in [1.165, 1.54) is 41.7 Å². The van der Waals surface area contributed by atoms with Gasteiger partial charge in [-0.15, -0.1) is 0 Å². The van der Waals surface area contributed by atoms with Crippen LogP contribution in [0.4, 0.5) is 4.79 Å². The average Bonchev–Trinajstić information content (AvgIpc) is 2.94. The number of amides is 5. The number of hydrogen-bond donors (Lipinski definition) is 5. The number of ether oxygens (including phenoxy) is 2. The number of nitrogens with one attached hydrogen (secondary N) is 5. The van der Waals surface area contributed by atoms with Crippen LogP contribution in [0.5, 0.6) is 0 Å². The molecule has 0 unspecified atom stereocenters. The van der Waals surface area contributed by atoms with Crippen LogP contribution in [0.1, 0.15) is 122 Å². The van der Waals surface area contributed by atoms with E-state index in [2.05, 4.69) is 26.6 Å². The van der Waals surface area contributed by atoms with E-state index in [0.29, 0.717) is 0 Å². The van der Waals surface area contributed by atoms with Crippen molar-refractivity contribution in [3.8, 4) is 0 Å². The fourth-order valence-corrected chi connectivity index (χ4v) is 3.81. The van der Waals surface area contributed by atoms with Crippen molar-refractivity contribution in [1.82, 2.24) is 26.6 Å². The lowest BCUT2D eigenvalue weighted by Crippen LogP contribution is -2.70. The van der Waals surface area contributed by atoms with Gasteiger partial charge in [0.05, 0.1) is 7.11 Å². The molecular formula is C31H57N5O8. The lowest BCUT2D eigenvalue weighted by atomic mass is 9.88. The summed E-state index contributed by atoms with van der Waals surface area (Å²) in [4.78, 5) is 78.9. The van der Waals surface area contributed by atoms with Crippen molar-refractivity contribution in [3.05, 3.63) is 0 Å². The Morgan fingerprint density at radius 1 is 0.455 bits per heavy atom.